The van der Waals surface area contributed by atoms with Crippen LogP contribution in [0.15, 0.2) is 42.5 Å². The Kier molecular flexibility index (Phi) is 4.40. The van der Waals surface area contributed by atoms with Crippen molar-refractivity contribution in [2.75, 3.05) is 10.6 Å². The van der Waals surface area contributed by atoms with Gasteiger partial charge >= 0.3 is 6.03 Å². The van der Waals surface area contributed by atoms with Crippen LogP contribution in [-0.4, -0.2) is 6.03 Å². The fraction of sp³-hybridized carbons (Fsp3) is 0. The van der Waals surface area contributed by atoms with Gasteiger partial charge in [-0.3, -0.25) is 0 Å². The minimum Gasteiger partial charge on any atom is -0.308 e. The van der Waals surface area contributed by atoms with Crippen molar-refractivity contribution in [1.82, 2.24) is 0 Å². The minimum atomic E-state index is -0.501. The van der Waals surface area contributed by atoms with Gasteiger partial charge in [0.2, 0.25) is 0 Å². The van der Waals surface area contributed by atoms with E-state index in [0.717, 1.165) is 0 Å². The number of carbonyl (C=O) groups is 1. The lowest BCUT2D eigenvalue weighted by atomic mass is 10.2. The molecule has 2 amide bonds. The van der Waals surface area contributed by atoms with Crippen molar-refractivity contribution in [3.05, 3.63) is 58.6 Å². The van der Waals surface area contributed by atoms with Crippen LogP contribution in [0.5, 0.6) is 0 Å². The van der Waals surface area contributed by atoms with Crippen LogP contribution in [0.1, 0.15) is 11.1 Å². The van der Waals surface area contributed by atoms with Gasteiger partial charge in [-0.2, -0.15) is 10.5 Å². The number of nitrogens with one attached hydrogen (secondary N) is 2. The van der Waals surface area contributed by atoms with Gasteiger partial charge in [0.15, 0.2) is 0 Å². The molecule has 0 aliphatic rings. The number of nitriles is 2. The quantitative estimate of drug-likeness (QED) is 0.885. The maximum Gasteiger partial charge on any atom is 0.323 e. The summed E-state index contributed by atoms with van der Waals surface area (Å²) < 4.78 is 0. The molecule has 5 nitrogen and oxygen atoms in total. The van der Waals surface area contributed by atoms with Gasteiger partial charge in [0.05, 0.1) is 22.9 Å². The first-order valence-corrected chi connectivity index (χ1v) is 6.28. The molecule has 0 spiro atoms. The second-order valence-electron chi connectivity index (χ2n) is 4.07. The summed E-state index contributed by atoms with van der Waals surface area (Å²) >= 11 is 5.84. The van der Waals surface area contributed by atoms with Crippen LogP contribution in [0.2, 0.25) is 5.02 Å². The largest absolute Gasteiger partial charge is 0.323 e. The highest BCUT2D eigenvalue weighted by Crippen LogP contribution is 2.20. The van der Waals surface area contributed by atoms with E-state index in [1.54, 1.807) is 30.3 Å². The van der Waals surface area contributed by atoms with Gasteiger partial charge in [-0.05, 0) is 42.5 Å². The molecule has 2 aromatic carbocycles. The second-order valence-corrected chi connectivity index (χ2v) is 4.51. The molecule has 0 fully saturated rings. The minimum absolute atomic E-state index is 0.314. The van der Waals surface area contributed by atoms with E-state index in [4.69, 9.17) is 22.1 Å². The van der Waals surface area contributed by atoms with Crippen LogP contribution < -0.4 is 10.6 Å². The van der Waals surface area contributed by atoms with Crippen LogP contribution in [0.3, 0.4) is 0 Å². The van der Waals surface area contributed by atoms with Crippen LogP contribution in [0, 0.1) is 22.7 Å². The Hall–Kier alpha value is -3.02. The Labute approximate surface area is 126 Å². The number of rotatable bonds is 2. The van der Waals surface area contributed by atoms with Gasteiger partial charge in [0, 0.05) is 10.7 Å². The zero-order chi connectivity index (χ0) is 15.2. The average Bonchev–Trinajstić information content (AvgIpc) is 2.48. The van der Waals surface area contributed by atoms with E-state index >= 15 is 0 Å². The number of carbonyl (C=O) groups excluding carboxylic acids is 1. The molecule has 0 aliphatic carbocycles. The van der Waals surface area contributed by atoms with Crippen molar-refractivity contribution >= 4 is 29.0 Å². The fourth-order valence-corrected chi connectivity index (χ4v) is 1.80. The summed E-state index contributed by atoms with van der Waals surface area (Å²) in [5.74, 6) is 0. The lowest BCUT2D eigenvalue weighted by molar-refractivity contribution is 0.262. The van der Waals surface area contributed by atoms with E-state index in [-0.39, 0.29) is 0 Å². The van der Waals surface area contributed by atoms with E-state index in [1.165, 1.54) is 12.1 Å². The van der Waals surface area contributed by atoms with Gasteiger partial charge in [-0.1, -0.05) is 11.6 Å². The van der Waals surface area contributed by atoms with Crippen molar-refractivity contribution in [1.29, 1.82) is 10.5 Å². The first-order chi connectivity index (χ1) is 10.1. The normalized spacial score (nSPS) is 9.29. The van der Waals surface area contributed by atoms with Gasteiger partial charge in [0.1, 0.15) is 6.07 Å². The molecule has 2 aromatic rings. The van der Waals surface area contributed by atoms with E-state index < -0.39 is 6.03 Å². The fourth-order valence-electron chi connectivity index (χ4n) is 1.63. The lowest BCUT2D eigenvalue weighted by Gasteiger charge is -2.09. The molecule has 2 rings (SSSR count). The number of benzene rings is 2. The van der Waals surface area contributed by atoms with Gasteiger partial charge < -0.3 is 10.6 Å². The maximum absolute atomic E-state index is 11.9. The summed E-state index contributed by atoms with van der Waals surface area (Å²) in [6, 6.07) is 14.5. The Morgan fingerprint density at radius 2 is 1.71 bits per heavy atom. The third kappa shape index (κ3) is 3.73. The standard InChI is InChI=1S/C15H9ClN4O/c16-12-4-3-11(9-18)14(7-12)20-15(21)19-13-5-1-10(8-17)2-6-13/h1-7H,(H2,19,20,21). The highest BCUT2D eigenvalue weighted by molar-refractivity contribution is 6.31. The average molecular weight is 297 g/mol. The number of hydrogen-bond acceptors (Lipinski definition) is 3. The summed E-state index contributed by atoms with van der Waals surface area (Å²) in [5, 5.41) is 23.2. The van der Waals surface area contributed by atoms with Gasteiger partial charge in [0.25, 0.3) is 0 Å². The van der Waals surface area contributed by atoms with E-state index in [9.17, 15) is 4.79 Å². The number of halogens is 1. The van der Waals surface area contributed by atoms with Crippen molar-refractivity contribution in [2.45, 2.75) is 0 Å². The van der Waals surface area contributed by atoms with Gasteiger partial charge in [-0.15, -0.1) is 0 Å². The molecule has 102 valence electrons. The summed E-state index contributed by atoms with van der Waals surface area (Å²) in [6.45, 7) is 0. The molecule has 0 heterocycles. The first kappa shape index (κ1) is 14.4. The van der Waals surface area contributed by atoms with Gasteiger partial charge in [-0.25, -0.2) is 4.79 Å². The second kappa shape index (κ2) is 6.42. The molecule has 0 radical (unpaired) electrons. The number of amides is 2. The number of anilines is 2. The molecule has 21 heavy (non-hydrogen) atoms. The molecule has 0 aliphatic heterocycles. The summed E-state index contributed by atoms with van der Waals surface area (Å²) in [7, 11) is 0. The highest BCUT2D eigenvalue weighted by Gasteiger charge is 2.07. The van der Waals surface area contributed by atoms with E-state index in [1.807, 2.05) is 12.1 Å². The first-order valence-electron chi connectivity index (χ1n) is 5.90. The summed E-state index contributed by atoms with van der Waals surface area (Å²) in [4.78, 5) is 11.9. The SMILES string of the molecule is N#Cc1ccc(NC(=O)Nc2cc(Cl)ccc2C#N)cc1. The Bertz CT molecular complexity index is 757. The predicted molar refractivity (Wildman–Crippen MR) is 80.0 cm³/mol. The lowest BCUT2D eigenvalue weighted by Crippen LogP contribution is -2.20. The Morgan fingerprint density at radius 1 is 1.00 bits per heavy atom. The molecule has 0 bridgehead atoms. The zero-order valence-electron chi connectivity index (χ0n) is 10.7. The van der Waals surface area contributed by atoms with Crippen LogP contribution >= 0.6 is 11.6 Å². The number of urea groups is 1. The third-order valence-corrected chi connectivity index (χ3v) is 2.86. The topological polar surface area (TPSA) is 88.7 Å². The van der Waals surface area contributed by atoms with Crippen molar-refractivity contribution < 1.29 is 4.79 Å². The van der Waals surface area contributed by atoms with Crippen LogP contribution in [-0.2, 0) is 0 Å². The monoisotopic (exact) mass is 296 g/mol. The number of nitrogens with zero attached hydrogens (tertiary/aromatic N) is 2. The molecule has 2 N–H and O–H groups in total. The maximum atomic E-state index is 11.9. The molecule has 0 saturated heterocycles. The molecule has 0 aromatic heterocycles. The predicted octanol–water partition coefficient (Wildman–Crippen LogP) is 3.73. The zero-order valence-corrected chi connectivity index (χ0v) is 11.5. The molecule has 6 heteroatoms. The van der Waals surface area contributed by atoms with Crippen molar-refractivity contribution in [3.63, 3.8) is 0 Å². The molecular formula is C15H9ClN4O. The Morgan fingerprint density at radius 3 is 2.33 bits per heavy atom. The molecule has 0 saturated carbocycles. The van der Waals surface area contributed by atoms with Crippen molar-refractivity contribution in [2.24, 2.45) is 0 Å². The molecular weight excluding hydrogens is 288 g/mol. The third-order valence-electron chi connectivity index (χ3n) is 2.62. The van der Waals surface area contributed by atoms with Crippen molar-refractivity contribution in [3.8, 4) is 12.1 Å². The Balaban J connectivity index is 2.10. The summed E-state index contributed by atoms with van der Waals surface area (Å²) in [5.41, 5.74) is 1.68. The smallest absolute Gasteiger partial charge is 0.308 e. The van der Waals surface area contributed by atoms with E-state index in [2.05, 4.69) is 10.6 Å². The van der Waals surface area contributed by atoms with Crippen LogP contribution in [0.4, 0.5) is 16.2 Å². The summed E-state index contributed by atoms with van der Waals surface area (Å²) in [6.07, 6.45) is 0. The highest BCUT2D eigenvalue weighted by atomic mass is 35.5. The number of hydrogen-bond donors (Lipinski definition) is 2. The molecule has 0 atom stereocenters. The van der Waals surface area contributed by atoms with E-state index in [0.29, 0.717) is 27.5 Å². The van der Waals surface area contributed by atoms with Crippen LogP contribution in [0.25, 0.3) is 0 Å². The molecule has 0 unspecified atom stereocenters.